The summed E-state index contributed by atoms with van der Waals surface area (Å²) in [5, 5.41) is 13.0. The Morgan fingerprint density at radius 3 is 2.32 bits per heavy atom. The van der Waals surface area contributed by atoms with Crippen molar-refractivity contribution in [3.05, 3.63) is 65.2 Å². The summed E-state index contributed by atoms with van der Waals surface area (Å²) in [5.41, 5.74) is 2.26. The highest BCUT2D eigenvalue weighted by atomic mass is 35.5. The molecule has 0 amide bonds. The Morgan fingerprint density at radius 1 is 0.880 bits per heavy atom. The van der Waals surface area contributed by atoms with Crippen molar-refractivity contribution in [2.24, 2.45) is 0 Å². The third kappa shape index (κ3) is 3.65. The normalized spacial score (nSPS) is 15.5. The van der Waals surface area contributed by atoms with Crippen molar-refractivity contribution in [3.63, 3.8) is 0 Å². The third-order valence-corrected chi connectivity index (χ3v) is 4.68. The molecule has 0 unspecified atom stereocenters. The maximum Gasteiger partial charge on any atom is 0.250 e. The van der Waals surface area contributed by atoms with Gasteiger partial charge >= 0.3 is 0 Å². The number of aromatic nitrogens is 4. The average Bonchev–Trinajstić information content (AvgIpc) is 3.15. The SMILES string of the molecule is Clc1ccc(CN2CCN(c3nnnn3-c3ccccc3)CC2)cc1. The molecule has 1 aromatic heterocycles. The number of nitrogens with zero attached hydrogens (tertiary/aromatic N) is 6. The number of rotatable bonds is 4. The van der Waals surface area contributed by atoms with Crippen molar-refractivity contribution >= 4 is 17.5 Å². The van der Waals surface area contributed by atoms with Crippen LogP contribution in [0, 0.1) is 0 Å². The molecular formula is C18H19ClN6. The maximum absolute atomic E-state index is 5.95. The number of hydrogen-bond donors (Lipinski definition) is 0. The summed E-state index contributed by atoms with van der Waals surface area (Å²) in [6.45, 7) is 4.70. The fourth-order valence-electron chi connectivity index (χ4n) is 3.07. The lowest BCUT2D eigenvalue weighted by molar-refractivity contribution is 0.248. The van der Waals surface area contributed by atoms with Gasteiger partial charge in [-0.15, -0.1) is 0 Å². The van der Waals surface area contributed by atoms with Crippen molar-refractivity contribution in [3.8, 4) is 5.69 Å². The highest BCUT2D eigenvalue weighted by Crippen LogP contribution is 2.18. The Hall–Kier alpha value is -2.44. The summed E-state index contributed by atoms with van der Waals surface area (Å²) in [6.07, 6.45) is 0. The fraction of sp³-hybridized carbons (Fsp3) is 0.278. The summed E-state index contributed by atoms with van der Waals surface area (Å²) in [7, 11) is 0. The molecule has 0 saturated carbocycles. The topological polar surface area (TPSA) is 50.1 Å². The molecule has 0 radical (unpaired) electrons. The van der Waals surface area contributed by atoms with E-state index >= 15 is 0 Å². The summed E-state index contributed by atoms with van der Waals surface area (Å²) < 4.78 is 1.80. The zero-order valence-electron chi connectivity index (χ0n) is 13.8. The van der Waals surface area contributed by atoms with Crippen molar-refractivity contribution < 1.29 is 0 Å². The molecule has 2 heterocycles. The van der Waals surface area contributed by atoms with Crippen LogP contribution in [0.1, 0.15) is 5.56 Å². The summed E-state index contributed by atoms with van der Waals surface area (Å²) in [5.74, 6) is 0.803. The van der Waals surface area contributed by atoms with Crippen LogP contribution in [0.3, 0.4) is 0 Å². The van der Waals surface area contributed by atoms with Crippen LogP contribution >= 0.6 is 11.6 Å². The predicted molar refractivity (Wildman–Crippen MR) is 98.1 cm³/mol. The number of anilines is 1. The van der Waals surface area contributed by atoms with E-state index in [0.717, 1.165) is 49.4 Å². The maximum atomic E-state index is 5.95. The van der Waals surface area contributed by atoms with E-state index in [1.807, 2.05) is 42.5 Å². The monoisotopic (exact) mass is 354 g/mol. The first kappa shape index (κ1) is 16.1. The fourth-order valence-corrected chi connectivity index (χ4v) is 3.20. The van der Waals surface area contributed by atoms with E-state index in [1.165, 1.54) is 5.56 Å². The van der Waals surface area contributed by atoms with E-state index in [-0.39, 0.29) is 0 Å². The number of tetrazole rings is 1. The molecule has 0 bridgehead atoms. The quantitative estimate of drug-likeness (QED) is 0.721. The highest BCUT2D eigenvalue weighted by Gasteiger charge is 2.22. The summed E-state index contributed by atoms with van der Waals surface area (Å²) in [6, 6.07) is 18.1. The Labute approximate surface area is 151 Å². The van der Waals surface area contributed by atoms with E-state index in [0.29, 0.717) is 0 Å². The van der Waals surface area contributed by atoms with Crippen LogP contribution in [0.2, 0.25) is 5.02 Å². The number of hydrogen-bond acceptors (Lipinski definition) is 5. The first-order chi connectivity index (χ1) is 12.3. The van der Waals surface area contributed by atoms with Crippen LogP contribution in [-0.2, 0) is 6.54 Å². The molecule has 0 aliphatic carbocycles. The third-order valence-electron chi connectivity index (χ3n) is 4.43. The summed E-state index contributed by atoms with van der Waals surface area (Å²) in [4.78, 5) is 4.68. The number of piperazine rings is 1. The molecule has 0 atom stereocenters. The Balaban J connectivity index is 1.41. The highest BCUT2D eigenvalue weighted by molar-refractivity contribution is 6.30. The van der Waals surface area contributed by atoms with Gasteiger partial charge in [0.2, 0.25) is 5.95 Å². The minimum absolute atomic E-state index is 0.779. The van der Waals surface area contributed by atoms with Crippen LogP contribution in [0.25, 0.3) is 5.69 Å². The van der Waals surface area contributed by atoms with Crippen molar-refractivity contribution in [1.82, 2.24) is 25.1 Å². The van der Waals surface area contributed by atoms with Gasteiger partial charge in [0.25, 0.3) is 0 Å². The van der Waals surface area contributed by atoms with Gasteiger partial charge in [-0.2, -0.15) is 4.68 Å². The molecule has 3 aromatic rings. The van der Waals surface area contributed by atoms with E-state index < -0.39 is 0 Å². The Kier molecular flexibility index (Phi) is 4.63. The standard InChI is InChI=1S/C18H19ClN6/c19-16-8-6-15(7-9-16)14-23-10-12-24(13-11-23)18-20-21-22-25(18)17-4-2-1-3-5-17/h1-9H,10-14H2. The molecule has 128 valence electrons. The first-order valence-corrected chi connectivity index (χ1v) is 8.73. The van der Waals surface area contributed by atoms with E-state index in [1.54, 1.807) is 4.68 Å². The van der Waals surface area contributed by atoms with E-state index in [4.69, 9.17) is 11.6 Å². The van der Waals surface area contributed by atoms with E-state index in [9.17, 15) is 0 Å². The molecule has 2 aromatic carbocycles. The van der Waals surface area contributed by atoms with Crippen LogP contribution < -0.4 is 4.90 Å². The lowest BCUT2D eigenvalue weighted by Gasteiger charge is -2.34. The van der Waals surface area contributed by atoms with Crippen LogP contribution in [0.4, 0.5) is 5.95 Å². The second kappa shape index (κ2) is 7.21. The van der Waals surface area contributed by atoms with Crippen molar-refractivity contribution in [2.75, 3.05) is 31.1 Å². The minimum Gasteiger partial charge on any atom is -0.337 e. The molecule has 7 heteroatoms. The van der Waals surface area contributed by atoms with Gasteiger partial charge in [0.1, 0.15) is 0 Å². The molecule has 1 fully saturated rings. The predicted octanol–water partition coefficient (Wildman–Crippen LogP) is 2.64. The molecule has 0 N–H and O–H groups in total. The second-order valence-electron chi connectivity index (χ2n) is 6.12. The number of para-hydroxylation sites is 1. The Morgan fingerprint density at radius 2 is 1.60 bits per heavy atom. The van der Waals surface area contributed by atoms with Gasteiger partial charge in [0.05, 0.1) is 5.69 Å². The van der Waals surface area contributed by atoms with Gasteiger partial charge in [-0.05, 0) is 40.3 Å². The number of benzene rings is 2. The molecule has 1 saturated heterocycles. The number of halogens is 1. The largest absolute Gasteiger partial charge is 0.337 e. The van der Waals surface area contributed by atoms with Gasteiger partial charge in [-0.3, -0.25) is 4.90 Å². The van der Waals surface area contributed by atoms with Gasteiger partial charge in [-0.25, -0.2) is 0 Å². The van der Waals surface area contributed by atoms with Gasteiger partial charge in [0.15, 0.2) is 0 Å². The lowest BCUT2D eigenvalue weighted by atomic mass is 10.2. The second-order valence-corrected chi connectivity index (χ2v) is 6.55. The van der Waals surface area contributed by atoms with E-state index in [2.05, 4.69) is 37.5 Å². The molecular weight excluding hydrogens is 336 g/mol. The van der Waals surface area contributed by atoms with Gasteiger partial charge in [-0.1, -0.05) is 47.0 Å². The Bertz CT molecular complexity index is 809. The summed E-state index contributed by atoms with van der Waals surface area (Å²) >= 11 is 5.95. The zero-order valence-corrected chi connectivity index (χ0v) is 14.5. The minimum atomic E-state index is 0.779. The smallest absolute Gasteiger partial charge is 0.250 e. The lowest BCUT2D eigenvalue weighted by Crippen LogP contribution is -2.46. The molecule has 25 heavy (non-hydrogen) atoms. The molecule has 0 spiro atoms. The van der Waals surface area contributed by atoms with Gasteiger partial charge in [0, 0.05) is 37.7 Å². The molecule has 4 rings (SSSR count). The van der Waals surface area contributed by atoms with Crippen molar-refractivity contribution in [1.29, 1.82) is 0 Å². The first-order valence-electron chi connectivity index (χ1n) is 8.35. The van der Waals surface area contributed by atoms with Crippen LogP contribution in [0.15, 0.2) is 54.6 Å². The van der Waals surface area contributed by atoms with Crippen molar-refractivity contribution in [2.45, 2.75) is 6.54 Å². The zero-order chi connectivity index (χ0) is 17.1. The van der Waals surface area contributed by atoms with Crippen LogP contribution in [-0.4, -0.2) is 51.3 Å². The molecule has 1 aliphatic heterocycles. The molecule has 6 nitrogen and oxygen atoms in total. The average molecular weight is 355 g/mol. The van der Waals surface area contributed by atoms with Gasteiger partial charge < -0.3 is 4.90 Å². The van der Waals surface area contributed by atoms with Crippen LogP contribution in [0.5, 0.6) is 0 Å². The molecule has 1 aliphatic rings.